The molecule has 0 aliphatic carbocycles. The van der Waals surface area contributed by atoms with Crippen molar-refractivity contribution in [1.82, 2.24) is 30.0 Å². The highest BCUT2D eigenvalue weighted by Gasteiger charge is 2.18. The number of hydrogen-bond donors (Lipinski definition) is 2. The number of fused-ring (bicyclic) bond motifs is 1. The van der Waals surface area contributed by atoms with Crippen molar-refractivity contribution in [3.63, 3.8) is 0 Å². The Hall–Kier alpha value is -2.55. The Morgan fingerprint density at radius 3 is 2.83 bits per heavy atom. The van der Waals surface area contributed by atoms with Crippen LogP contribution in [0, 0.1) is 0 Å². The van der Waals surface area contributed by atoms with Crippen LogP contribution in [0.3, 0.4) is 0 Å². The highest BCUT2D eigenvalue weighted by Crippen LogP contribution is 2.23. The maximum atomic E-state index is 12.1. The molecule has 3 rings (SSSR count). The maximum absolute atomic E-state index is 12.1. The largest absolute Gasteiger partial charge is 0.368 e. The Labute approximate surface area is 143 Å². The molecule has 3 heterocycles. The van der Waals surface area contributed by atoms with Gasteiger partial charge in [-0.3, -0.25) is 4.79 Å². The first kappa shape index (κ1) is 16.3. The van der Waals surface area contributed by atoms with Gasteiger partial charge in [0.15, 0.2) is 0 Å². The molecule has 9 heteroatoms. The van der Waals surface area contributed by atoms with Gasteiger partial charge < -0.3 is 10.6 Å². The van der Waals surface area contributed by atoms with E-state index in [4.69, 9.17) is 0 Å². The quantitative estimate of drug-likeness (QED) is 0.685. The summed E-state index contributed by atoms with van der Waals surface area (Å²) in [7, 11) is 0. The third-order valence-electron chi connectivity index (χ3n) is 3.35. The van der Waals surface area contributed by atoms with Gasteiger partial charge in [-0.15, -0.1) is 16.4 Å². The SMILES string of the molecule is CC(C)(C)n1cnc(C(=O)NCCNc2ncnc3sccc23)n1. The number of nitrogens with one attached hydrogen (secondary N) is 2. The molecule has 0 spiro atoms. The van der Waals surface area contributed by atoms with Crippen molar-refractivity contribution >= 4 is 33.3 Å². The number of carbonyl (C=O) groups excluding carboxylic acids is 1. The lowest BCUT2D eigenvalue weighted by Crippen LogP contribution is -2.30. The molecule has 3 aromatic heterocycles. The van der Waals surface area contributed by atoms with Crippen LogP contribution < -0.4 is 10.6 Å². The van der Waals surface area contributed by atoms with Gasteiger partial charge >= 0.3 is 0 Å². The van der Waals surface area contributed by atoms with Crippen LogP contribution in [-0.4, -0.2) is 43.7 Å². The van der Waals surface area contributed by atoms with Crippen LogP contribution in [0.15, 0.2) is 24.1 Å². The molecular weight excluding hydrogens is 326 g/mol. The van der Waals surface area contributed by atoms with Gasteiger partial charge in [0.05, 0.1) is 10.9 Å². The lowest BCUT2D eigenvalue weighted by Gasteiger charge is -2.17. The van der Waals surface area contributed by atoms with E-state index in [-0.39, 0.29) is 17.3 Å². The Morgan fingerprint density at radius 2 is 2.08 bits per heavy atom. The molecule has 0 aliphatic rings. The molecule has 0 atom stereocenters. The van der Waals surface area contributed by atoms with Gasteiger partial charge in [0, 0.05) is 13.1 Å². The number of rotatable bonds is 5. The summed E-state index contributed by atoms with van der Waals surface area (Å²) >= 11 is 1.57. The van der Waals surface area contributed by atoms with Crippen molar-refractivity contribution in [2.24, 2.45) is 0 Å². The zero-order valence-electron chi connectivity index (χ0n) is 13.8. The van der Waals surface area contributed by atoms with Gasteiger partial charge in [0.25, 0.3) is 5.91 Å². The smallest absolute Gasteiger partial charge is 0.291 e. The highest BCUT2D eigenvalue weighted by atomic mass is 32.1. The average molecular weight is 345 g/mol. The Kier molecular flexibility index (Phi) is 4.43. The molecule has 8 nitrogen and oxygen atoms in total. The first-order chi connectivity index (χ1) is 11.4. The van der Waals surface area contributed by atoms with Crippen LogP contribution in [-0.2, 0) is 5.54 Å². The van der Waals surface area contributed by atoms with E-state index in [2.05, 4.69) is 30.7 Å². The van der Waals surface area contributed by atoms with Gasteiger partial charge in [0.1, 0.15) is 23.3 Å². The van der Waals surface area contributed by atoms with Crippen LogP contribution in [0.4, 0.5) is 5.82 Å². The summed E-state index contributed by atoms with van der Waals surface area (Å²) in [6, 6.07) is 1.98. The predicted octanol–water partition coefficient (Wildman–Crippen LogP) is 1.88. The van der Waals surface area contributed by atoms with Gasteiger partial charge in [-0.1, -0.05) is 0 Å². The fraction of sp³-hybridized carbons (Fsp3) is 0.400. The van der Waals surface area contributed by atoms with Crippen molar-refractivity contribution in [2.75, 3.05) is 18.4 Å². The standard InChI is InChI=1S/C15H19N7OS/c1-15(2,3)22-9-20-12(21-22)13(23)17-6-5-16-11-10-4-7-24-14(10)19-8-18-11/h4,7-9H,5-6H2,1-3H3,(H,17,23)(H,16,18,19). The molecule has 126 valence electrons. The zero-order chi connectivity index (χ0) is 17.2. The molecule has 2 N–H and O–H groups in total. The molecule has 0 aromatic carbocycles. The third-order valence-corrected chi connectivity index (χ3v) is 4.17. The van der Waals surface area contributed by atoms with E-state index in [1.807, 2.05) is 32.2 Å². The fourth-order valence-corrected chi connectivity index (χ4v) is 2.79. The number of anilines is 1. The van der Waals surface area contributed by atoms with Crippen molar-refractivity contribution in [3.8, 4) is 0 Å². The van der Waals surface area contributed by atoms with Gasteiger partial charge in [-0.05, 0) is 32.2 Å². The topological polar surface area (TPSA) is 97.6 Å². The van der Waals surface area contributed by atoms with Crippen molar-refractivity contribution < 1.29 is 4.79 Å². The van der Waals surface area contributed by atoms with Gasteiger partial charge in [-0.2, -0.15) is 0 Å². The van der Waals surface area contributed by atoms with E-state index in [1.54, 1.807) is 22.3 Å². The summed E-state index contributed by atoms with van der Waals surface area (Å²) in [5.41, 5.74) is -0.202. The number of carbonyl (C=O) groups is 1. The number of hydrogen-bond acceptors (Lipinski definition) is 7. The second-order valence-corrected chi connectivity index (χ2v) is 7.12. The van der Waals surface area contributed by atoms with Crippen LogP contribution >= 0.6 is 11.3 Å². The number of thiophene rings is 1. The Bertz CT molecular complexity index is 849. The second kappa shape index (κ2) is 6.52. The molecule has 0 fully saturated rings. The maximum Gasteiger partial charge on any atom is 0.291 e. The minimum Gasteiger partial charge on any atom is -0.368 e. The molecule has 0 bridgehead atoms. The minimum atomic E-state index is -0.289. The number of nitrogens with zero attached hydrogens (tertiary/aromatic N) is 5. The van der Waals surface area contributed by atoms with E-state index in [0.717, 1.165) is 16.0 Å². The molecule has 24 heavy (non-hydrogen) atoms. The van der Waals surface area contributed by atoms with E-state index in [1.165, 1.54) is 6.33 Å². The van der Waals surface area contributed by atoms with Gasteiger partial charge in [-0.25, -0.2) is 19.6 Å². The molecule has 0 saturated heterocycles. The monoisotopic (exact) mass is 345 g/mol. The van der Waals surface area contributed by atoms with Crippen molar-refractivity contribution in [3.05, 3.63) is 29.9 Å². The normalized spacial score (nSPS) is 11.6. The lowest BCUT2D eigenvalue weighted by atomic mass is 10.1. The summed E-state index contributed by atoms with van der Waals surface area (Å²) in [5.74, 6) is 0.654. The van der Waals surface area contributed by atoms with E-state index in [0.29, 0.717) is 13.1 Å². The van der Waals surface area contributed by atoms with Gasteiger partial charge in [0.2, 0.25) is 5.82 Å². The summed E-state index contributed by atoms with van der Waals surface area (Å²) < 4.78 is 1.67. The van der Waals surface area contributed by atoms with E-state index >= 15 is 0 Å². The summed E-state index contributed by atoms with van der Waals surface area (Å²) in [4.78, 5) is 25.5. The van der Waals surface area contributed by atoms with Crippen LogP contribution in [0.25, 0.3) is 10.2 Å². The molecule has 1 amide bonds. The zero-order valence-corrected chi connectivity index (χ0v) is 14.6. The molecule has 0 saturated carbocycles. The lowest BCUT2D eigenvalue weighted by molar-refractivity contribution is 0.0944. The van der Waals surface area contributed by atoms with Crippen molar-refractivity contribution in [2.45, 2.75) is 26.3 Å². The van der Waals surface area contributed by atoms with Crippen molar-refractivity contribution in [1.29, 1.82) is 0 Å². The fourth-order valence-electron chi connectivity index (χ4n) is 2.06. The Morgan fingerprint density at radius 1 is 1.25 bits per heavy atom. The molecule has 3 aromatic rings. The van der Waals surface area contributed by atoms with Crippen LogP contribution in [0.1, 0.15) is 31.4 Å². The average Bonchev–Trinajstić information content (AvgIpc) is 3.19. The molecular formula is C15H19N7OS. The summed E-state index contributed by atoms with van der Waals surface area (Å²) in [5, 5.41) is 13.2. The van der Waals surface area contributed by atoms with E-state index < -0.39 is 0 Å². The molecule has 0 aliphatic heterocycles. The first-order valence-corrected chi connectivity index (χ1v) is 8.45. The minimum absolute atomic E-state index is 0.173. The summed E-state index contributed by atoms with van der Waals surface area (Å²) in [6.07, 6.45) is 3.10. The molecule has 0 radical (unpaired) electrons. The third kappa shape index (κ3) is 3.51. The second-order valence-electron chi connectivity index (χ2n) is 6.23. The van der Waals surface area contributed by atoms with E-state index in [9.17, 15) is 4.79 Å². The predicted molar refractivity (Wildman–Crippen MR) is 93.3 cm³/mol. The summed E-state index contributed by atoms with van der Waals surface area (Å²) in [6.45, 7) is 6.99. The highest BCUT2D eigenvalue weighted by molar-refractivity contribution is 7.16. The van der Waals surface area contributed by atoms with Crippen LogP contribution in [0.5, 0.6) is 0 Å². The van der Waals surface area contributed by atoms with Crippen LogP contribution in [0.2, 0.25) is 0 Å². The number of aromatic nitrogens is 5. The Balaban J connectivity index is 1.52. The molecule has 0 unspecified atom stereocenters. The first-order valence-electron chi connectivity index (χ1n) is 7.57. The number of amides is 1.